The third-order valence-corrected chi connectivity index (χ3v) is 6.36. The highest BCUT2D eigenvalue weighted by molar-refractivity contribution is 6.03. The molecule has 2 aliphatic rings. The van der Waals surface area contributed by atoms with E-state index in [0.29, 0.717) is 18.1 Å². The molecule has 7 heteroatoms. The molecule has 0 radical (unpaired) electrons. The highest BCUT2D eigenvalue weighted by Gasteiger charge is 2.28. The third-order valence-electron chi connectivity index (χ3n) is 6.36. The number of carbonyl (C=O) groups excluding carboxylic acids is 1. The predicted octanol–water partition coefficient (Wildman–Crippen LogP) is 4.10. The van der Waals surface area contributed by atoms with E-state index in [1.807, 2.05) is 12.1 Å². The van der Waals surface area contributed by atoms with Crippen LogP contribution in [0.1, 0.15) is 46.3 Å². The van der Waals surface area contributed by atoms with Gasteiger partial charge >= 0.3 is 0 Å². The molecule has 33 heavy (non-hydrogen) atoms. The summed E-state index contributed by atoms with van der Waals surface area (Å²) in [6, 6.07) is 18.7. The molecule has 1 aromatic heterocycles. The van der Waals surface area contributed by atoms with Crippen molar-refractivity contribution in [3.05, 3.63) is 83.6 Å². The quantitative estimate of drug-likeness (QED) is 0.589. The lowest BCUT2D eigenvalue weighted by molar-refractivity contribution is 0.0889. The van der Waals surface area contributed by atoms with Gasteiger partial charge in [0, 0.05) is 51.6 Å². The van der Waals surface area contributed by atoms with Gasteiger partial charge < -0.3 is 14.5 Å². The summed E-state index contributed by atoms with van der Waals surface area (Å²) in [7, 11) is 0. The van der Waals surface area contributed by atoms with Crippen molar-refractivity contribution in [1.82, 2.24) is 14.8 Å². The molecule has 2 fully saturated rings. The van der Waals surface area contributed by atoms with Crippen molar-refractivity contribution in [3.63, 3.8) is 0 Å². The zero-order valence-electron chi connectivity index (χ0n) is 18.8. The second-order valence-corrected chi connectivity index (χ2v) is 8.76. The number of anilines is 1. The smallest absolute Gasteiger partial charge is 0.278 e. The van der Waals surface area contributed by atoms with E-state index < -0.39 is 0 Å². The van der Waals surface area contributed by atoms with Crippen molar-refractivity contribution in [1.29, 1.82) is 0 Å². The minimum atomic E-state index is -0.267. The summed E-state index contributed by atoms with van der Waals surface area (Å²) < 4.78 is 11.1. The molecule has 172 valence electrons. The van der Waals surface area contributed by atoms with Crippen LogP contribution in [0.3, 0.4) is 0 Å². The summed E-state index contributed by atoms with van der Waals surface area (Å²) in [5, 5.41) is 2.93. The van der Waals surface area contributed by atoms with Crippen molar-refractivity contribution in [3.8, 4) is 0 Å². The molecule has 7 nitrogen and oxygen atoms in total. The SMILES string of the molecule is O=C(Nc1ccc(CN2CCN(Cc3ccccc3)CC2)cc1)c1ncoc1C1CCCO1. The number of ether oxygens (including phenoxy) is 1. The first kappa shape index (κ1) is 21.8. The minimum Gasteiger partial charge on any atom is -0.445 e. The fourth-order valence-electron chi connectivity index (χ4n) is 4.53. The molecule has 2 saturated heterocycles. The Morgan fingerprint density at radius 2 is 1.61 bits per heavy atom. The fourth-order valence-corrected chi connectivity index (χ4v) is 4.53. The number of hydrogen-bond donors (Lipinski definition) is 1. The van der Waals surface area contributed by atoms with Gasteiger partial charge in [0.05, 0.1) is 0 Å². The first-order valence-electron chi connectivity index (χ1n) is 11.7. The molecule has 1 unspecified atom stereocenters. The third kappa shape index (κ3) is 5.50. The van der Waals surface area contributed by atoms with Gasteiger partial charge in [0.25, 0.3) is 5.91 Å². The number of piperazine rings is 1. The molecule has 1 atom stereocenters. The van der Waals surface area contributed by atoms with Crippen LogP contribution in [0.4, 0.5) is 5.69 Å². The first-order valence-corrected chi connectivity index (χ1v) is 11.7. The zero-order chi connectivity index (χ0) is 22.5. The van der Waals surface area contributed by atoms with Gasteiger partial charge in [0.15, 0.2) is 17.8 Å². The zero-order valence-corrected chi connectivity index (χ0v) is 18.8. The molecule has 0 saturated carbocycles. The van der Waals surface area contributed by atoms with Gasteiger partial charge in [-0.05, 0) is 36.1 Å². The van der Waals surface area contributed by atoms with Crippen LogP contribution in [0.5, 0.6) is 0 Å². The number of nitrogens with one attached hydrogen (secondary N) is 1. The van der Waals surface area contributed by atoms with Gasteiger partial charge in [0.1, 0.15) is 6.10 Å². The minimum absolute atomic E-state index is 0.177. The lowest BCUT2D eigenvalue weighted by Gasteiger charge is -2.34. The maximum atomic E-state index is 12.7. The Morgan fingerprint density at radius 3 is 2.24 bits per heavy atom. The van der Waals surface area contributed by atoms with E-state index in [1.54, 1.807) is 0 Å². The lowest BCUT2D eigenvalue weighted by Crippen LogP contribution is -2.45. The number of aromatic nitrogens is 1. The van der Waals surface area contributed by atoms with E-state index in [-0.39, 0.29) is 12.0 Å². The van der Waals surface area contributed by atoms with Gasteiger partial charge in [-0.15, -0.1) is 0 Å². The largest absolute Gasteiger partial charge is 0.445 e. The monoisotopic (exact) mass is 446 g/mol. The summed E-state index contributed by atoms with van der Waals surface area (Å²) in [5.74, 6) is 0.254. The van der Waals surface area contributed by atoms with Crippen LogP contribution in [0.15, 0.2) is 65.4 Å². The topological polar surface area (TPSA) is 70.8 Å². The average Bonchev–Trinajstić information content (AvgIpc) is 3.54. The number of rotatable bonds is 7. The molecule has 0 spiro atoms. The Kier molecular flexibility index (Phi) is 6.81. The van der Waals surface area contributed by atoms with E-state index in [0.717, 1.165) is 57.8 Å². The van der Waals surface area contributed by atoms with E-state index in [1.165, 1.54) is 17.5 Å². The Labute approximate surface area is 194 Å². The Balaban J connectivity index is 1.11. The summed E-state index contributed by atoms with van der Waals surface area (Å²) in [4.78, 5) is 21.8. The van der Waals surface area contributed by atoms with Gasteiger partial charge in [-0.25, -0.2) is 4.98 Å². The number of amides is 1. The van der Waals surface area contributed by atoms with Crippen LogP contribution in [0.25, 0.3) is 0 Å². The number of nitrogens with zero attached hydrogens (tertiary/aromatic N) is 3. The van der Waals surface area contributed by atoms with Crippen LogP contribution in [0, 0.1) is 0 Å². The molecule has 0 aliphatic carbocycles. The van der Waals surface area contributed by atoms with Crippen molar-refractivity contribution in [2.24, 2.45) is 0 Å². The van der Waals surface area contributed by atoms with Crippen LogP contribution in [-0.4, -0.2) is 53.5 Å². The van der Waals surface area contributed by atoms with Crippen LogP contribution in [-0.2, 0) is 17.8 Å². The molecule has 5 rings (SSSR count). The van der Waals surface area contributed by atoms with Crippen molar-refractivity contribution < 1.29 is 13.9 Å². The van der Waals surface area contributed by atoms with Crippen LogP contribution >= 0.6 is 0 Å². The standard InChI is InChI=1S/C26H30N4O3/c31-26(24-25(33-19-27-24)23-7-4-16-32-23)28-22-10-8-21(9-11-22)18-30-14-12-29(13-15-30)17-20-5-2-1-3-6-20/h1-3,5-6,8-11,19,23H,4,7,12-18H2,(H,28,31). The molecular weight excluding hydrogens is 416 g/mol. The molecule has 1 amide bonds. The van der Waals surface area contributed by atoms with E-state index in [9.17, 15) is 4.79 Å². The van der Waals surface area contributed by atoms with E-state index in [4.69, 9.17) is 9.15 Å². The second-order valence-electron chi connectivity index (χ2n) is 8.76. The van der Waals surface area contributed by atoms with Crippen molar-refractivity contribution >= 4 is 11.6 Å². The molecule has 2 aromatic carbocycles. The van der Waals surface area contributed by atoms with Gasteiger partial charge in [-0.2, -0.15) is 0 Å². The van der Waals surface area contributed by atoms with Crippen LogP contribution in [0.2, 0.25) is 0 Å². The molecule has 3 aromatic rings. The summed E-state index contributed by atoms with van der Waals surface area (Å²) in [5.41, 5.74) is 3.67. The molecule has 3 heterocycles. The first-order chi connectivity index (χ1) is 16.2. The number of benzene rings is 2. The fraction of sp³-hybridized carbons (Fsp3) is 0.385. The maximum Gasteiger partial charge on any atom is 0.278 e. The summed E-state index contributed by atoms with van der Waals surface area (Å²) >= 11 is 0. The number of oxazole rings is 1. The Hall–Kier alpha value is -3.00. The number of hydrogen-bond acceptors (Lipinski definition) is 6. The van der Waals surface area contributed by atoms with Gasteiger partial charge in [-0.1, -0.05) is 42.5 Å². The maximum absolute atomic E-state index is 12.7. The predicted molar refractivity (Wildman–Crippen MR) is 126 cm³/mol. The Bertz CT molecular complexity index is 1040. The van der Waals surface area contributed by atoms with Crippen molar-refractivity contribution in [2.75, 3.05) is 38.1 Å². The second kappa shape index (κ2) is 10.3. The summed E-state index contributed by atoms with van der Waals surface area (Å²) in [6.45, 7) is 6.90. The Morgan fingerprint density at radius 1 is 0.939 bits per heavy atom. The van der Waals surface area contributed by atoms with Crippen molar-refractivity contribution in [2.45, 2.75) is 32.0 Å². The van der Waals surface area contributed by atoms with Crippen LogP contribution < -0.4 is 5.32 Å². The van der Waals surface area contributed by atoms with Gasteiger partial charge in [-0.3, -0.25) is 14.6 Å². The normalized spacial score (nSPS) is 19.6. The van der Waals surface area contributed by atoms with E-state index in [2.05, 4.69) is 62.6 Å². The van der Waals surface area contributed by atoms with Gasteiger partial charge in [0.2, 0.25) is 0 Å². The average molecular weight is 447 g/mol. The summed E-state index contributed by atoms with van der Waals surface area (Å²) in [6.07, 6.45) is 2.96. The highest BCUT2D eigenvalue weighted by atomic mass is 16.5. The van der Waals surface area contributed by atoms with E-state index >= 15 is 0 Å². The number of carbonyl (C=O) groups is 1. The molecule has 0 bridgehead atoms. The molecular formula is C26H30N4O3. The molecule has 2 aliphatic heterocycles. The molecule has 1 N–H and O–H groups in total. The lowest BCUT2D eigenvalue weighted by atomic mass is 10.1. The highest BCUT2D eigenvalue weighted by Crippen LogP contribution is 2.30.